The minimum Gasteiger partial charge on any atom is -0.465 e. The molecule has 0 aliphatic carbocycles. The standard InChI is InChI=1S/C16H23NO4S/c1-12(2)11-21-16(18)14-8-9-17(10-14)22(19,20)15-6-4-13(3)5-7-15/h4-7,12,14H,8-11H2,1-3H3. The van der Waals surface area contributed by atoms with Gasteiger partial charge in [0.15, 0.2) is 0 Å². The molecule has 1 aliphatic heterocycles. The first-order chi connectivity index (χ1) is 10.3. The van der Waals surface area contributed by atoms with Crippen molar-refractivity contribution in [3.63, 3.8) is 0 Å². The molecule has 0 radical (unpaired) electrons. The lowest BCUT2D eigenvalue weighted by Crippen LogP contribution is -2.30. The van der Waals surface area contributed by atoms with Gasteiger partial charge in [-0.05, 0) is 31.4 Å². The molecule has 1 saturated heterocycles. The zero-order valence-electron chi connectivity index (χ0n) is 13.3. The van der Waals surface area contributed by atoms with E-state index in [2.05, 4.69) is 0 Å². The summed E-state index contributed by atoms with van der Waals surface area (Å²) in [6, 6.07) is 6.76. The molecule has 0 bridgehead atoms. The zero-order valence-corrected chi connectivity index (χ0v) is 14.1. The average molecular weight is 325 g/mol. The summed E-state index contributed by atoms with van der Waals surface area (Å²) >= 11 is 0. The highest BCUT2D eigenvalue weighted by Gasteiger charge is 2.36. The van der Waals surface area contributed by atoms with Crippen molar-refractivity contribution in [3.05, 3.63) is 29.8 Å². The highest BCUT2D eigenvalue weighted by molar-refractivity contribution is 7.89. The van der Waals surface area contributed by atoms with Crippen LogP contribution in [-0.2, 0) is 19.6 Å². The summed E-state index contributed by atoms with van der Waals surface area (Å²) in [4.78, 5) is 12.2. The topological polar surface area (TPSA) is 63.7 Å². The van der Waals surface area contributed by atoms with Crippen LogP contribution in [0.1, 0.15) is 25.8 Å². The van der Waals surface area contributed by atoms with Gasteiger partial charge in [0.1, 0.15) is 0 Å². The van der Waals surface area contributed by atoms with Crippen LogP contribution in [0.25, 0.3) is 0 Å². The Kier molecular flexibility index (Phi) is 5.24. The number of ether oxygens (including phenoxy) is 1. The Morgan fingerprint density at radius 3 is 2.55 bits per heavy atom. The number of rotatable bonds is 5. The van der Waals surface area contributed by atoms with Gasteiger partial charge in [-0.2, -0.15) is 4.31 Å². The number of aryl methyl sites for hydroxylation is 1. The number of hydrogen-bond acceptors (Lipinski definition) is 4. The minimum atomic E-state index is -3.53. The Balaban J connectivity index is 2.03. The van der Waals surface area contributed by atoms with Gasteiger partial charge < -0.3 is 4.74 Å². The fourth-order valence-electron chi connectivity index (χ4n) is 2.36. The van der Waals surface area contributed by atoms with E-state index in [4.69, 9.17) is 4.74 Å². The summed E-state index contributed by atoms with van der Waals surface area (Å²) in [7, 11) is -3.53. The SMILES string of the molecule is Cc1ccc(S(=O)(=O)N2CCC(C(=O)OCC(C)C)C2)cc1. The molecular weight excluding hydrogens is 302 g/mol. The third kappa shape index (κ3) is 3.87. The van der Waals surface area contributed by atoms with Gasteiger partial charge in [-0.15, -0.1) is 0 Å². The summed E-state index contributed by atoms with van der Waals surface area (Å²) in [6.07, 6.45) is 0.516. The smallest absolute Gasteiger partial charge is 0.310 e. The number of esters is 1. The molecular formula is C16H23NO4S. The molecule has 1 atom stereocenters. The lowest BCUT2D eigenvalue weighted by molar-refractivity contribution is -0.149. The molecule has 6 heteroatoms. The maximum absolute atomic E-state index is 12.6. The molecule has 122 valence electrons. The largest absolute Gasteiger partial charge is 0.465 e. The normalized spacial score (nSPS) is 19.5. The molecule has 1 fully saturated rings. The van der Waals surface area contributed by atoms with Crippen molar-refractivity contribution in [1.29, 1.82) is 0 Å². The molecule has 1 aliphatic rings. The van der Waals surface area contributed by atoms with Crippen LogP contribution in [0.15, 0.2) is 29.2 Å². The highest BCUT2D eigenvalue weighted by Crippen LogP contribution is 2.25. The lowest BCUT2D eigenvalue weighted by atomic mass is 10.1. The van der Waals surface area contributed by atoms with Gasteiger partial charge in [0.25, 0.3) is 0 Å². The Hall–Kier alpha value is -1.40. The number of benzene rings is 1. The van der Waals surface area contributed by atoms with Crippen molar-refractivity contribution < 1.29 is 17.9 Å². The fourth-order valence-corrected chi connectivity index (χ4v) is 3.86. The molecule has 22 heavy (non-hydrogen) atoms. The van der Waals surface area contributed by atoms with E-state index in [0.717, 1.165) is 5.56 Å². The fraction of sp³-hybridized carbons (Fsp3) is 0.562. The molecule has 1 aromatic rings. The Bertz CT molecular complexity index is 622. The maximum atomic E-state index is 12.6. The second-order valence-corrected chi connectivity index (χ2v) is 8.12. The van der Waals surface area contributed by atoms with Crippen LogP contribution in [0.5, 0.6) is 0 Å². The molecule has 0 saturated carbocycles. The van der Waals surface area contributed by atoms with Gasteiger partial charge in [-0.25, -0.2) is 8.42 Å². The van der Waals surface area contributed by atoms with Gasteiger partial charge >= 0.3 is 5.97 Å². The number of hydrogen-bond donors (Lipinski definition) is 0. The summed E-state index contributed by atoms with van der Waals surface area (Å²) in [5.74, 6) is -0.382. The van der Waals surface area contributed by atoms with Gasteiger partial charge in [-0.1, -0.05) is 31.5 Å². The summed E-state index contributed by atoms with van der Waals surface area (Å²) in [5.41, 5.74) is 1.01. The molecule has 0 spiro atoms. The van der Waals surface area contributed by atoms with Crippen LogP contribution < -0.4 is 0 Å². The van der Waals surface area contributed by atoms with E-state index in [1.807, 2.05) is 20.8 Å². The zero-order chi connectivity index (χ0) is 16.3. The summed E-state index contributed by atoms with van der Waals surface area (Å²) < 4.78 is 31.7. The molecule has 0 aromatic heterocycles. The first-order valence-corrected chi connectivity index (χ1v) is 8.98. The van der Waals surface area contributed by atoms with E-state index >= 15 is 0 Å². The Morgan fingerprint density at radius 2 is 1.95 bits per heavy atom. The van der Waals surface area contributed by atoms with Gasteiger partial charge in [-0.3, -0.25) is 4.79 Å². The van der Waals surface area contributed by atoms with Crippen molar-refractivity contribution >= 4 is 16.0 Å². The van der Waals surface area contributed by atoms with Crippen molar-refractivity contribution in [2.75, 3.05) is 19.7 Å². The quantitative estimate of drug-likeness (QED) is 0.779. The van der Waals surface area contributed by atoms with E-state index in [1.54, 1.807) is 24.3 Å². The molecule has 2 rings (SSSR count). The average Bonchev–Trinajstić information content (AvgIpc) is 2.95. The predicted molar refractivity (Wildman–Crippen MR) is 83.8 cm³/mol. The second-order valence-electron chi connectivity index (χ2n) is 6.19. The van der Waals surface area contributed by atoms with E-state index < -0.39 is 10.0 Å². The van der Waals surface area contributed by atoms with E-state index in [-0.39, 0.29) is 29.2 Å². The molecule has 1 unspecified atom stereocenters. The number of carbonyl (C=O) groups is 1. The number of nitrogens with zero attached hydrogens (tertiary/aromatic N) is 1. The molecule has 0 N–H and O–H groups in total. The van der Waals surface area contributed by atoms with Crippen LogP contribution in [0, 0.1) is 18.8 Å². The predicted octanol–water partition coefficient (Wildman–Crippen LogP) is 2.20. The molecule has 1 heterocycles. The molecule has 5 nitrogen and oxygen atoms in total. The minimum absolute atomic E-state index is 0.202. The lowest BCUT2D eigenvalue weighted by Gasteiger charge is -2.16. The van der Waals surface area contributed by atoms with Crippen molar-refractivity contribution in [2.45, 2.75) is 32.1 Å². The second kappa shape index (κ2) is 6.79. The van der Waals surface area contributed by atoms with Crippen molar-refractivity contribution in [3.8, 4) is 0 Å². The van der Waals surface area contributed by atoms with Crippen LogP contribution in [0.4, 0.5) is 0 Å². The molecule has 1 aromatic carbocycles. The third-order valence-corrected chi connectivity index (χ3v) is 5.58. The Morgan fingerprint density at radius 1 is 1.32 bits per heavy atom. The first-order valence-electron chi connectivity index (χ1n) is 7.54. The van der Waals surface area contributed by atoms with E-state index in [0.29, 0.717) is 19.6 Å². The van der Waals surface area contributed by atoms with Crippen molar-refractivity contribution in [1.82, 2.24) is 4.31 Å². The Labute approximate surface area is 132 Å². The summed E-state index contributed by atoms with van der Waals surface area (Å²) in [6.45, 7) is 6.78. The van der Waals surface area contributed by atoms with Crippen molar-refractivity contribution in [2.24, 2.45) is 11.8 Å². The van der Waals surface area contributed by atoms with Crippen LogP contribution in [-0.4, -0.2) is 38.4 Å². The summed E-state index contributed by atoms with van der Waals surface area (Å²) in [5, 5.41) is 0. The van der Waals surface area contributed by atoms with Crippen LogP contribution in [0.3, 0.4) is 0 Å². The van der Waals surface area contributed by atoms with Crippen LogP contribution in [0.2, 0.25) is 0 Å². The third-order valence-electron chi connectivity index (χ3n) is 3.70. The van der Waals surface area contributed by atoms with Crippen LogP contribution >= 0.6 is 0 Å². The van der Waals surface area contributed by atoms with E-state index in [1.165, 1.54) is 4.31 Å². The maximum Gasteiger partial charge on any atom is 0.310 e. The van der Waals surface area contributed by atoms with Gasteiger partial charge in [0.2, 0.25) is 10.0 Å². The number of carbonyl (C=O) groups excluding carboxylic acids is 1. The molecule has 0 amide bonds. The highest BCUT2D eigenvalue weighted by atomic mass is 32.2. The van der Waals surface area contributed by atoms with E-state index in [9.17, 15) is 13.2 Å². The van der Waals surface area contributed by atoms with Gasteiger partial charge in [0.05, 0.1) is 17.4 Å². The monoisotopic (exact) mass is 325 g/mol. The first kappa shape index (κ1) is 17.0. The van der Waals surface area contributed by atoms with Gasteiger partial charge in [0, 0.05) is 13.1 Å². The number of sulfonamides is 1.